The van der Waals surface area contributed by atoms with E-state index in [-0.39, 0.29) is 6.54 Å². The standard InChI is InChI=1S/C14H17F3N4O2/c1-9-4-2-6-11(18-9)20-13(23)19-10-5-3-7-21(12(10)22)8-14(15,16)17/h2,4,6,10H,3,5,7-8H2,1H3,(H2,18,19,20,23)/t10-/m1/s1. The van der Waals surface area contributed by atoms with Gasteiger partial charge in [-0.2, -0.15) is 13.2 Å². The number of pyridine rings is 1. The van der Waals surface area contributed by atoms with E-state index >= 15 is 0 Å². The molecule has 1 fully saturated rings. The molecule has 2 heterocycles. The fourth-order valence-electron chi connectivity index (χ4n) is 2.37. The van der Waals surface area contributed by atoms with E-state index in [1.807, 2.05) is 0 Å². The molecule has 0 aliphatic carbocycles. The number of hydrogen-bond acceptors (Lipinski definition) is 3. The maximum absolute atomic E-state index is 12.4. The number of aryl methyl sites for hydroxylation is 1. The average Bonchev–Trinajstić information content (AvgIpc) is 2.42. The third kappa shape index (κ3) is 5.11. The van der Waals surface area contributed by atoms with Crippen molar-refractivity contribution < 1.29 is 22.8 Å². The number of carbonyl (C=O) groups is 2. The predicted octanol–water partition coefficient (Wildman–Crippen LogP) is 2.06. The van der Waals surface area contributed by atoms with Crippen molar-refractivity contribution in [1.82, 2.24) is 15.2 Å². The maximum atomic E-state index is 12.4. The molecular weight excluding hydrogens is 313 g/mol. The minimum Gasteiger partial charge on any atom is -0.332 e. The van der Waals surface area contributed by atoms with Crippen molar-refractivity contribution in [2.24, 2.45) is 0 Å². The second kappa shape index (κ2) is 6.84. The molecule has 1 atom stereocenters. The van der Waals surface area contributed by atoms with Crippen LogP contribution in [-0.4, -0.2) is 47.1 Å². The molecule has 2 rings (SSSR count). The summed E-state index contributed by atoms with van der Waals surface area (Å²) in [6.07, 6.45) is -3.75. The zero-order valence-electron chi connectivity index (χ0n) is 12.5. The van der Waals surface area contributed by atoms with Crippen molar-refractivity contribution >= 4 is 17.8 Å². The number of anilines is 1. The SMILES string of the molecule is Cc1cccc(NC(=O)N[C@@H]2CCCN(CC(F)(F)F)C2=O)n1. The number of aromatic nitrogens is 1. The molecule has 1 aromatic heterocycles. The number of nitrogens with one attached hydrogen (secondary N) is 2. The molecular formula is C14H17F3N4O2. The van der Waals surface area contributed by atoms with Crippen LogP contribution in [0.2, 0.25) is 0 Å². The lowest BCUT2D eigenvalue weighted by molar-refractivity contribution is -0.164. The lowest BCUT2D eigenvalue weighted by Crippen LogP contribution is -2.54. The van der Waals surface area contributed by atoms with Gasteiger partial charge in [0.2, 0.25) is 5.91 Å². The lowest BCUT2D eigenvalue weighted by Gasteiger charge is -2.33. The fourth-order valence-corrected chi connectivity index (χ4v) is 2.37. The van der Waals surface area contributed by atoms with Crippen LogP contribution >= 0.6 is 0 Å². The summed E-state index contributed by atoms with van der Waals surface area (Å²) in [5.41, 5.74) is 0.702. The Morgan fingerprint density at radius 1 is 1.43 bits per heavy atom. The van der Waals surface area contributed by atoms with E-state index in [1.54, 1.807) is 25.1 Å². The summed E-state index contributed by atoms with van der Waals surface area (Å²) < 4.78 is 37.3. The predicted molar refractivity (Wildman–Crippen MR) is 76.8 cm³/mol. The van der Waals surface area contributed by atoms with Gasteiger partial charge in [0, 0.05) is 12.2 Å². The molecule has 1 aromatic rings. The van der Waals surface area contributed by atoms with Crippen molar-refractivity contribution in [3.05, 3.63) is 23.9 Å². The molecule has 3 amide bonds. The smallest absolute Gasteiger partial charge is 0.332 e. The molecule has 2 N–H and O–H groups in total. The summed E-state index contributed by atoms with van der Waals surface area (Å²) in [5.74, 6) is -0.418. The van der Waals surface area contributed by atoms with Gasteiger partial charge in [-0.1, -0.05) is 6.07 Å². The monoisotopic (exact) mass is 330 g/mol. The van der Waals surface area contributed by atoms with E-state index in [4.69, 9.17) is 0 Å². The molecule has 0 spiro atoms. The second-order valence-corrected chi connectivity index (χ2v) is 5.33. The Hall–Kier alpha value is -2.32. The van der Waals surface area contributed by atoms with Gasteiger partial charge in [0.15, 0.2) is 0 Å². The molecule has 0 aromatic carbocycles. The van der Waals surface area contributed by atoms with Gasteiger partial charge in [0.1, 0.15) is 18.4 Å². The molecule has 0 bridgehead atoms. The van der Waals surface area contributed by atoms with Gasteiger partial charge in [-0.05, 0) is 31.9 Å². The molecule has 1 saturated heterocycles. The van der Waals surface area contributed by atoms with Gasteiger partial charge in [-0.3, -0.25) is 10.1 Å². The highest BCUT2D eigenvalue weighted by Gasteiger charge is 2.37. The molecule has 1 aliphatic rings. The van der Waals surface area contributed by atoms with Crippen LogP contribution in [0.4, 0.5) is 23.8 Å². The highest BCUT2D eigenvalue weighted by Crippen LogP contribution is 2.20. The van der Waals surface area contributed by atoms with E-state index in [0.29, 0.717) is 24.4 Å². The largest absolute Gasteiger partial charge is 0.406 e. The van der Waals surface area contributed by atoms with Crippen molar-refractivity contribution in [2.45, 2.75) is 32.0 Å². The summed E-state index contributed by atoms with van der Waals surface area (Å²) in [4.78, 5) is 28.7. The number of nitrogens with zero attached hydrogens (tertiary/aromatic N) is 2. The van der Waals surface area contributed by atoms with E-state index in [1.165, 1.54) is 0 Å². The zero-order valence-corrected chi connectivity index (χ0v) is 12.5. The normalized spacial score (nSPS) is 18.7. The van der Waals surface area contributed by atoms with Gasteiger partial charge in [-0.25, -0.2) is 9.78 Å². The molecule has 9 heteroatoms. The van der Waals surface area contributed by atoms with E-state index in [9.17, 15) is 22.8 Å². The van der Waals surface area contributed by atoms with Crippen molar-refractivity contribution in [3.8, 4) is 0 Å². The number of amides is 3. The molecule has 126 valence electrons. The Balaban J connectivity index is 1.93. The van der Waals surface area contributed by atoms with Crippen molar-refractivity contribution in [3.63, 3.8) is 0 Å². The maximum Gasteiger partial charge on any atom is 0.406 e. The fraction of sp³-hybridized carbons (Fsp3) is 0.500. The van der Waals surface area contributed by atoms with Crippen LogP contribution in [0.1, 0.15) is 18.5 Å². The zero-order chi connectivity index (χ0) is 17.0. The van der Waals surface area contributed by atoms with Crippen LogP contribution in [0.3, 0.4) is 0 Å². The van der Waals surface area contributed by atoms with E-state index < -0.39 is 30.7 Å². The van der Waals surface area contributed by atoms with Gasteiger partial charge in [-0.15, -0.1) is 0 Å². The number of urea groups is 1. The molecule has 0 radical (unpaired) electrons. The van der Waals surface area contributed by atoms with Crippen LogP contribution in [0.15, 0.2) is 18.2 Å². The Labute approximate surface area is 131 Å². The molecule has 0 saturated carbocycles. The van der Waals surface area contributed by atoms with Gasteiger partial charge in [0.05, 0.1) is 0 Å². The first kappa shape index (κ1) is 17.0. The Morgan fingerprint density at radius 2 is 2.17 bits per heavy atom. The summed E-state index contributed by atoms with van der Waals surface area (Å²) >= 11 is 0. The highest BCUT2D eigenvalue weighted by atomic mass is 19.4. The molecule has 23 heavy (non-hydrogen) atoms. The molecule has 6 nitrogen and oxygen atoms in total. The van der Waals surface area contributed by atoms with E-state index in [0.717, 1.165) is 4.90 Å². The minimum atomic E-state index is -4.45. The summed E-state index contributed by atoms with van der Waals surface area (Å²) in [7, 11) is 0. The number of alkyl halides is 3. The van der Waals surface area contributed by atoms with Crippen LogP contribution in [0.25, 0.3) is 0 Å². The Morgan fingerprint density at radius 3 is 2.83 bits per heavy atom. The molecule has 1 aliphatic heterocycles. The second-order valence-electron chi connectivity index (χ2n) is 5.33. The highest BCUT2D eigenvalue weighted by molar-refractivity contribution is 5.93. The Kier molecular flexibility index (Phi) is 5.07. The van der Waals surface area contributed by atoms with Gasteiger partial charge >= 0.3 is 12.2 Å². The third-order valence-corrected chi connectivity index (χ3v) is 3.34. The summed E-state index contributed by atoms with van der Waals surface area (Å²) in [5, 5.41) is 4.86. The number of halogens is 3. The number of carbonyl (C=O) groups excluding carboxylic acids is 2. The van der Waals surface area contributed by atoms with Crippen molar-refractivity contribution in [1.29, 1.82) is 0 Å². The number of piperidine rings is 1. The number of rotatable bonds is 3. The quantitative estimate of drug-likeness (QED) is 0.891. The van der Waals surface area contributed by atoms with Crippen LogP contribution < -0.4 is 10.6 Å². The first-order valence-corrected chi connectivity index (χ1v) is 7.11. The first-order chi connectivity index (χ1) is 10.7. The third-order valence-electron chi connectivity index (χ3n) is 3.34. The average molecular weight is 330 g/mol. The number of hydrogen-bond donors (Lipinski definition) is 2. The van der Waals surface area contributed by atoms with E-state index in [2.05, 4.69) is 15.6 Å². The van der Waals surface area contributed by atoms with Crippen LogP contribution in [-0.2, 0) is 4.79 Å². The summed E-state index contributed by atoms with van der Waals surface area (Å²) in [6, 6.07) is 3.40. The number of likely N-dealkylation sites (tertiary alicyclic amines) is 1. The molecule has 0 unspecified atom stereocenters. The first-order valence-electron chi connectivity index (χ1n) is 7.11. The van der Waals surface area contributed by atoms with Crippen LogP contribution in [0, 0.1) is 6.92 Å². The van der Waals surface area contributed by atoms with Gasteiger partial charge < -0.3 is 10.2 Å². The lowest BCUT2D eigenvalue weighted by atomic mass is 10.0. The van der Waals surface area contributed by atoms with Gasteiger partial charge in [0.25, 0.3) is 0 Å². The Bertz CT molecular complexity index is 592. The van der Waals surface area contributed by atoms with Crippen LogP contribution in [0.5, 0.6) is 0 Å². The summed E-state index contributed by atoms with van der Waals surface area (Å²) in [6.45, 7) is 0.491. The topological polar surface area (TPSA) is 74.3 Å². The van der Waals surface area contributed by atoms with Crippen molar-refractivity contribution in [2.75, 3.05) is 18.4 Å². The minimum absolute atomic E-state index is 0.0393.